The normalized spacial score (nSPS) is 18.7. The van der Waals surface area contributed by atoms with Gasteiger partial charge in [0.15, 0.2) is 45.8 Å². The third kappa shape index (κ3) is 6.57. The zero-order valence-electron chi connectivity index (χ0n) is 30.4. The lowest BCUT2D eigenvalue weighted by Gasteiger charge is -2.23. The van der Waals surface area contributed by atoms with Gasteiger partial charge in [-0.2, -0.15) is 9.48 Å². The Morgan fingerprint density at radius 1 is 0.759 bits per heavy atom. The molecule has 0 fully saturated rings. The fourth-order valence-corrected chi connectivity index (χ4v) is 7.81. The zero-order valence-corrected chi connectivity index (χ0v) is 30.4. The van der Waals surface area contributed by atoms with E-state index in [1.807, 2.05) is 88.3 Å². The molecule has 2 aliphatic heterocycles. The number of anilines is 1. The second-order valence-corrected chi connectivity index (χ2v) is 13.9. The van der Waals surface area contributed by atoms with Crippen molar-refractivity contribution < 1.29 is 28.4 Å². The average molecular weight is 726 g/mol. The van der Waals surface area contributed by atoms with Crippen molar-refractivity contribution in [1.29, 1.82) is 0 Å². The standard InChI is InChI=1S/C43H43N5O6/c1-28(29-8-5-4-6-9-29)31-12-16-36-33(20-31)22-45-26-40(42(51-2)38(45)24-47(36)49)53-18-7-19-54-41-27-46-23-34-21-32(30-10-14-35(44)15-11-30)13-17-37(34)48(50)25-39(46)43(41)52-3/h4-6,8-17,24-27,33-34H,1,7,18-23,44H2,2-3H3. The minimum Gasteiger partial charge on any atom is -0.618 e. The van der Waals surface area contributed by atoms with Gasteiger partial charge in [0.05, 0.1) is 51.7 Å². The first-order valence-corrected chi connectivity index (χ1v) is 18.2. The Labute approximate surface area is 314 Å². The molecule has 276 valence electrons. The maximum absolute atomic E-state index is 13.4. The van der Waals surface area contributed by atoms with Crippen molar-refractivity contribution in [2.45, 2.75) is 32.4 Å². The summed E-state index contributed by atoms with van der Waals surface area (Å²) >= 11 is 0. The van der Waals surface area contributed by atoms with E-state index in [0.717, 1.165) is 37.3 Å². The van der Waals surface area contributed by atoms with Gasteiger partial charge in [0, 0.05) is 37.3 Å². The maximum atomic E-state index is 13.4. The van der Waals surface area contributed by atoms with Gasteiger partial charge in [-0.25, -0.2) is 0 Å². The number of allylic oxidation sites excluding steroid dienone is 9. The van der Waals surface area contributed by atoms with Crippen molar-refractivity contribution in [2.75, 3.05) is 33.2 Å². The second-order valence-electron chi connectivity index (χ2n) is 13.9. The Balaban J connectivity index is 0.911. The Morgan fingerprint density at radius 3 is 1.89 bits per heavy atom. The fourth-order valence-electron chi connectivity index (χ4n) is 7.81. The first-order valence-electron chi connectivity index (χ1n) is 18.2. The summed E-state index contributed by atoms with van der Waals surface area (Å²) in [6, 6.07) is 17.9. The van der Waals surface area contributed by atoms with Crippen LogP contribution in [0.15, 0.2) is 115 Å². The van der Waals surface area contributed by atoms with Crippen LogP contribution in [0.2, 0.25) is 0 Å². The first kappa shape index (κ1) is 34.7. The number of nitrogen functional groups attached to an aromatic ring is 1. The van der Waals surface area contributed by atoms with E-state index in [2.05, 4.69) is 18.7 Å². The number of fused-ring (bicyclic) bond motifs is 4. The molecule has 11 nitrogen and oxygen atoms in total. The van der Waals surface area contributed by atoms with E-state index in [1.54, 1.807) is 26.6 Å². The van der Waals surface area contributed by atoms with E-state index in [-0.39, 0.29) is 11.8 Å². The van der Waals surface area contributed by atoms with Crippen LogP contribution in [0.4, 0.5) is 5.69 Å². The predicted octanol–water partition coefficient (Wildman–Crippen LogP) is 7.15. The highest BCUT2D eigenvalue weighted by Gasteiger charge is 2.34. The minimum atomic E-state index is -0.0414. The summed E-state index contributed by atoms with van der Waals surface area (Å²) in [6.45, 7) is 6.24. The Kier molecular flexibility index (Phi) is 9.37. The lowest BCUT2D eigenvalue weighted by molar-refractivity contribution is -0.404. The van der Waals surface area contributed by atoms with Crippen LogP contribution in [-0.4, -0.2) is 58.5 Å². The van der Waals surface area contributed by atoms with Crippen molar-refractivity contribution in [3.05, 3.63) is 148 Å². The molecule has 0 radical (unpaired) electrons. The molecule has 4 heterocycles. The summed E-state index contributed by atoms with van der Waals surface area (Å²) in [5.41, 5.74) is 14.7. The SMILES string of the molecule is C=C(C1=CC=C2C(C1)Cn1cc(OCCCOc3cn4c(c3OC)C=[N+]([O-])C3=CC=C(c5ccc(N)cc5)CC3C4)c(OC)c1C=[N+]2[O-])c1ccccc1. The van der Waals surface area contributed by atoms with Crippen LogP contribution < -0.4 is 24.7 Å². The molecule has 0 spiro atoms. The van der Waals surface area contributed by atoms with Crippen molar-refractivity contribution in [2.24, 2.45) is 11.8 Å². The summed E-state index contributed by atoms with van der Waals surface area (Å²) in [5, 5.41) is 26.7. The molecule has 4 aliphatic rings. The molecule has 11 heteroatoms. The van der Waals surface area contributed by atoms with Gasteiger partial charge >= 0.3 is 0 Å². The Morgan fingerprint density at radius 2 is 1.31 bits per heavy atom. The molecule has 2 aromatic heterocycles. The summed E-state index contributed by atoms with van der Waals surface area (Å²) in [6.07, 6.45) is 16.8. The fraction of sp³-hybridized carbons (Fsp3) is 0.256. The molecule has 0 bridgehead atoms. The van der Waals surface area contributed by atoms with Crippen molar-refractivity contribution in [1.82, 2.24) is 9.13 Å². The topological polar surface area (TPSA) is 125 Å². The zero-order chi connectivity index (χ0) is 37.3. The number of methoxy groups -OCH3 is 2. The van der Waals surface area contributed by atoms with Gasteiger partial charge in [0.1, 0.15) is 0 Å². The van der Waals surface area contributed by atoms with Crippen LogP contribution in [0.3, 0.4) is 0 Å². The quantitative estimate of drug-likeness (QED) is 0.0754. The molecule has 2 aliphatic carbocycles. The van der Waals surface area contributed by atoms with Crippen molar-refractivity contribution >= 4 is 29.3 Å². The second kappa shape index (κ2) is 14.6. The van der Waals surface area contributed by atoms with Crippen LogP contribution in [0.1, 0.15) is 41.8 Å². The van der Waals surface area contributed by atoms with Crippen molar-refractivity contribution in [3.63, 3.8) is 0 Å². The molecule has 0 saturated carbocycles. The molecule has 0 amide bonds. The van der Waals surface area contributed by atoms with Crippen LogP contribution >= 0.6 is 0 Å². The predicted molar refractivity (Wildman–Crippen MR) is 210 cm³/mol. The summed E-state index contributed by atoms with van der Waals surface area (Å²) in [4.78, 5) is 0. The number of benzene rings is 2. The van der Waals surface area contributed by atoms with Crippen LogP contribution in [0.5, 0.6) is 23.0 Å². The lowest BCUT2D eigenvalue weighted by atomic mass is 9.85. The van der Waals surface area contributed by atoms with Crippen molar-refractivity contribution in [3.8, 4) is 23.0 Å². The highest BCUT2D eigenvalue weighted by atomic mass is 16.5. The highest BCUT2D eigenvalue weighted by Crippen LogP contribution is 2.41. The van der Waals surface area contributed by atoms with Gasteiger partial charge < -0.3 is 44.2 Å². The van der Waals surface area contributed by atoms with Gasteiger partial charge in [-0.1, -0.05) is 61.2 Å². The molecule has 0 saturated heterocycles. The van der Waals surface area contributed by atoms with E-state index >= 15 is 0 Å². The van der Waals surface area contributed by atoms with Crippen LogP contribution in [0, 0.1) is 22.3 Å². The number of hydroxylamine groups is 2. The Hall–Kier alpha value is -6.36. The number of ether oxygens (including phenoxy) is 4. The van der Waals surface area contributed by atoms with Gasteiger partial charge in [0.2, 0.25) is 12.4 Å². The first-order chi connectivity index (χ1) is 26.3. The van der Waals surface area contributed by atoms with Gasteiger partial charge in [-0.05, 0) is 52.8 Å². The number of rotatable bonds is 11. The summed E-state index contributed by atoms with van der Waals surface area (Å²) in [5.74, 6) is 2.08. The van der Waals surface area contributed by atoms with E-state index in [0.29, 0.717) is 97.0 Å². The third-order valence-corrected chi connectivity index (χ3v) is 10.6. The molecule has 2 aromatic carbocycles. The van der Waals surface area contributed by atoms with Crippen LogP contribution in [-0.2, 0) is 13.1 Å². The van der Waals surface area contributed by atoms with E-state index in [4.69, 9.17) is 24.7 Å². The number of nitrogens with two attached hydrogens (primary N) is 1. The molecule has 8 rings (SSSR count). The van der Waals surface area contributed by atoms with Gasteiger partial charge in [-0.3, -0.25) is 0 Å². The molecule has 4 aromatic rings. The smallest absolute Gasteiger partial charge is 0.208 e. The molecular weight excluding hydrogens is 683 g/mol. The highest BCUT2D eigenvalue weighted by molar-refractivity contribution is 5.82. The minimum absolute atomic E-state index is 0.0256. The lowest BCUT2D eigenvalue weighted by Crippen LogP contribution is -2.19. The summed E-state index contributed by atoms with van der Waals surface area (Å²) in [7, 11) is 3.17. The maximum Gasteiger partial charge on any atom is 0.208 e. The molecular formula is C43H43N5O6. The molecule has 2 atom stereocenters. The molecule has 2 N–H and O–H groups in total. The number of nitrogens with zero attached hydrogens (tertiary/aromatic N) is 4. The molecule has 54 heavy (non-hydrogen) atoms. The van der Waals surface area contributed by atoms with E-state index in [9.17, 15) is 10.4 Å². The number of hydrogen-bond donors (Lipinski definition) is 1. The number of hydrogen-bond acceptors (Lipinski definition) is 7. The van der Waals surface area contributed by atoms with Crippen LogP contribution in [0.25, 0.3) is 11.1 Å². The van der Waals surface area contributed by atoms with Gasteiger partial charge in [-0.15, -0.1) is 0 Å². The molecule has 2 unspecified atom stereocenters. The van der Waals surface area contributed by atoms with Gasteiger partial charge in [0.25, 0.3) is 0 Å². The van der Waals surface area contributed by atoms with E-state index in [1.165, 1.54) is 0 Å². The Bertz CT molecular complexity index is 2290. The van der Waals surface area contributed by atoms with E-state index < -0.39 is 0 Å². The monoisotopic (exact) mass is 725 g/mol. The average Bonchev–Trinajstić information content (AvgIpc) is 3.59. The number of aromatic nitrogens is 2. The third-order valence-electron chi connectivity index (χ3n) is 10.6. The summed E-state index contributed by atoms with van der Waals surface area (Å²) < 4.78 is 29.9. The largest absolute Gasteiger partial charge is 0.618 e.